The second-order valence-corrected chi connectivity index (χ2v) is 11.9. The lowest BCUT2D eigenvalue weighted by Crippen LogP contribution is -2.51. The van der Waals surface area contributed by atoms with E-state index in [4.69, 9.17) is 9.47 Å². The van der Waals surface area contributed by atoms with Crippen molar-refractivity contribution in [1.82, 2.24) is 15.5 Å². The maximum absolute atomic E-state index is 13.9. The highest BCUT2D eigenvalue weighted by atomic mass is 16.6. The van der Waals surface area contributed by atoms with E-state index in [1.165, 1.54) is 11.9 Å². The summed E-state index contributed by atoms with van der Waals surface area (Å²) in [5, 5.41) is 5.30. The third-order valence-corrected chi connectivity index (χ3v) is 5.83. The Balaban J connectivity index is 2.38. The molecule has 0 aliphatic carbocycles. The summed E-state index contributed by atoms with van der Waals surface area (Å²) in [6.45, 7) is 13.8. The number of ether oxygens (including phenoxy) is 2. The first-order valence-corrected chi connectivity index (χ1v) is 13.3. The minimum Gasteiger partial charge on any atom is -0.458 e. The van der Waals surface area contributed by atoms with Crippen molar-refractivity contribution in [3.05, 3.63) is 70.8 Å². The Morgan fingerprint density at radius 1 is 0.875 bits per heavy atom. The zero-order valence-corrected chi connectivity index (χ0v) is 25.1. The zero-order valence-electron chi connectivity index (χ0n) is 25.1. The fourth-order valence-electron chi connectivity index (χ4n) is 3.98. The first-order chi connectivity index (χ1) is 18.5. The van der Waals surface area contributed by atoms with Gasteiger partial charge in [-0.1, -0.05) is 54.1 Å². The molecule has 2 aromatic carbocycles. The Bertz CT molecular complexity index is 1200. The summed E-state index contributed by atoms with van der Waals surface area (Å²) in [6.07, 6.45) is -0.534. The number of rotatable bonds is 9. The number of nitrogens with one attached hydrogen (secondary N) is 2. The summed E-state index contributed by atoms with van der Waals surface area (Å²) in [7, 11) is 1.49. The van der Waals surface area contributed by atoms with Crippen LogP contribution in [0, 0.1) is 13.8 Å². The molecule has 9 nitrogen and oxygen atoms in total. The molecular formula is C31H43N3O6. The number of carbonyl (C=O) groups is 4. The minimum atomic E-state index is -1.08. The molecular weight excluding hydrogens is 510 g/mol. The van der Waals surface area contributed by atoms with E-state index >= 15 is 0 Å². The van der Waals surface area contributed by atoms with Gasteiger partial charge < -0.3 is 25.0 Å². The van der Waals surface area contributed by atoms with Crippen LogP contribution in [0.4, 0.5) is 4.79 Å². The van der Waals surface area contributed by atoms with Crippen molar-refractivity contribution in [2.24, 2.45) is 0 Å². The Kier molecular flexibility index (Phi) is 10.9. The summed E-state index contributed by atoms with van der Waals surface area (Å²) in [4.78, 5) is 53.7. The zero-order chi connectivity index (χ0) is 30.3. The van der Waals surface area contributed by atoms with Crippen LogP contribution in [0.15, 0.2) is 48.5 Å². The van der Waals surface area contributed by atoms with Crippen molar-refractivity contribution in [2.75, 3.05) is 13.6 Å². The van der Waals surface area contributed by atoms with Crippen LogP contribution in [0.5, 0.6) is 0 Å². The van der Waals surface area contributed by atoms with Gasteiger partial charge in [0.1, 0.15) is 29.8 Å². The van der Waals surface area contributed by atoms with E-state index in [0.717, 1.165) is 16.7 Å². The Morgan fingerprint density at radius 3 is 2.05 bits per heavy atom. The van der Waals surface area contributed by atoms with Crippen LogP contribution in [-0.4, -0.2) is 59.6 Å². The van der Waals surface area contributed by atoms with Gasteiger partial charge in [-0.2, -0.15) is 0 Å². The molecule has 40 heavy (non-hydrogen) atoms. The van der Waals surface area contributed by atoms with Crippen LogP contribution in [0.3, 0.4) is 0 Å². The summed E-state index contributed by atoms with van der Waals surface area (Å²) in [5.41, 5.74) is 1.65. The number of carbonyl (C=O) groups excluding carboxylic acids is 4. The van der Waals surface area contributed by atoms with Gasteiger partial charge in [0.25, 0.3) is 0 Å². The maximum atomic E-state index is 13.9. The molecule has 0 aliphatic heterocycles. The predicted octanol–water partition coefficient (Wildman–Crippen LogP) is 4.40. The number of benzene rings is 2. The van der Waals surface area contributed by atoms with Crippen molar-refractivity contribution < 1.29 is 28.7 Å². The molecule has 0 aromatic heterocycles. The number of likely N-dealkylation sites (N-methyl/N-ethyl adjacent to an activating group) is 1. The molecule has 0 radical (unpaired) electrons. The van der Waals surface area contributed by atoms with E-state index < -0.39 is 47.2 Å². The van der Waals surface area contributed by atoms with E-state index in [9.17, 15) is 19.2 Å². The Morgan fingerprint density at radius 2 is 1.48 bits per heavy atom. The van der Waals surface area contributed by atoms with Crippen LogP contribution in [0.2, 0.25) is 0 Å². The lowest BCUT2D eigenvalue weighted by atomic mass is 9.96. The van der Waals surface area contributed by atoms with E-state index in [0.29, 0.717) is 5.56 Å². The van der Waals surface area contributed by atoms with Crippen LogP contribution in [-0.2, 0) is 30.3 Å². The van der Waals surface area contributed by atoms with Crippen molar-refractivity contribution in [3.8, 4) is 0 Å². The molecule has 0 saturated carbocycles. The molecule has 0 fully saturated rings. The lowest BCUT2D eigenvalue weighted by Gasteiger charge is -2.31. The highest BCUT2D eigenvalue weighted by Crippen LogP contribution is 2.25. The quantitative estimate of drug-likeness (QED) is 0.445. The van der Waals surface area contributed by atoms with Gasteiger partial charge in [-0.05, 0) is 72.1 Å². The van der Waals surface area contributed by atoms with Crippen LogP contribution in [0.1, 0.15) is 69.8 Å². The molecule has 0 aliphatic rings. The maximum Gasteiger partial charge on any atom is 0.408 e. The lowest BCUT2D eigenvalue weighted by molar-refractivity contribution is -0.159. The molecule has 3 amide bonds. The molecule has 218 valence electrons. The highest BCUT2D eigenvalue weighted by molar-refractivity contribution is 5.93. The SMILES string of the molecule is Cc1ccc(C)c(C(C(=O)NC(Cc2ccccc2)C(=O)OC(C)(C)C)N(C)C(=O)CNC(=O)OC(C)(C)C)c1. The average Bonchev–Trinajstić information content (AvgIpc) is 2.83. The van der Waals surface area contributed by atoms with Gasteiger partial charge in [-0.25, -0.2) is 9.59 Å². The van der Waals surface area contributed by atoms with Crippen LogP contribution < -0.4 is 10.6 Å². The monoisotopic (exact) mass is 553 g/mol. The third kappa shape index (κ3) is 10.4. The summed E-state index contributed by atoms with van der Waals surface area (Å²) in [5.74, 6) is -1.64. The summed E-state index contributed by atoms with van der Waals surface area (Å²) >= 11 is 0. The van der Waals surface area contributed by atoms with Crippen molar-refractivity contribution in [1.29, 1.82) is 0 Å². The molecule has 2 unspecified atom stereocenters. The van der Waals surface area contributed by atoms with Crippen LogP contribution >= 0.6 is 0 Å². The van der Waals surface area contributed by atoms with E-state index in [1.54, 1.807) is 41.5 Å². The smallest absolute Gasteiger partial charge is 0.408 e. The fourth-order valence-corrected chi connectivity index (χ4v) is 3.98. The molecule has 9 heteroatoms. The first kappa shape index (κ1) is 32.3. The van der Waals surface area contributed by atoms with Gasteiger partial charge in [0.2, 0.25) is 11.8 Å². The number of amides is 3. The minimum absolute atomic E-state index is 0.207. The first-order valence-electron chi connectivity index (χ1n) is 13.3. The van der Waals surface area contributed by atoms with E-state index in [1.807, 2.05) is 62.4 Å². The topological polar surface area (TPSA) is 114 Å². The van der Waals surface area contributed by atoms with E-state index in [-0.39, 0.29) is 13.0 Å². The predicted molar refractivity (Wildman–Crippen MR) is 154 cm³/mol. The van der Waals surface area contributed by atoms with Gasteiger partial charge in [0, 0.05) is 13.5 Å². The second-order valence-electron chi connectivity index (χ2n) is 11.9. The molecule has 0 saturated heterocycles. The number of aryl methyl sites for hydroxylation is 2. The second kappa shape index (κ2) is 13.5. The molecule has 0 bridgehead atoms. The van der Waals surface area contributed by atoms with Crippen molar-refractivity contribution >= 4 is 23.9 Å². The molecule has 2 atom stereocenters. The average molecular weight is 554 g/mol. The Hall–Kier alpha value is -3.88. The third-order valence-electron chi connectivity index (χ3n) is 5.83. The largest absolute Gasteiger partial charge is 0.458 e. The fraction of sp³-hybridized carbons (Fsp3) is 0.484. The number of nitrogens with zero attached hydrogens (tertiary/aromatic N) is 1. The van der Waals surface area contributed by atoms with Gasteiger partial charge >= 0.3 is 12.1 Å². The van der Waals surface area contributed by atoms with E-state index in [2.05, 4.69) is 10.6 Å². The highest BCUT2D eigenvalue weighted by Gasteiger charge is 2.34. The van der Waals surface area contributed by atoms with Gasteiger partial charge in [-0.3, -0.25) is 9.59 Å². The summed E-state index contributed by atoms with van der Waals surface area (Å²) < 4.78 is 10.8. The van der Waals surface area contributed by atoms with Gasteiger partial charge in [0.15, 0.2) is 0 Å². The number of hydrogen-bond acceptors (Lipinski definition) is 6. The number of hydrogen-bond donors (Lipinski definition) is 2. The standard InChI is InChI=1S/C31H43N3O6/c1-20-15-16-21(2)23(17-20)26(34(9)25(35)19-32-29(38)40-31(6,7)8)27(36)33-24(28(37)39-30(3,4)5)18-22-13-11-10-12-14-22/h10-17,24,26H,18-19H2,1-9H3,(H,32,38)(H,33,36). The molecule has 2 rings (SSSR count). The van der Waals surface area contributed by atoms with Crippen molar-refractivity contribution in [2.45, 2.75) is 85.1 Å². The molecule has 0 spiro atoms. The number of esters is 1. The van der Waals surface area contributed by atoms with Crippen LogP contribution in [0.25, 0.3) is 0 Å². The van der Waals surface area contributed by atoms with Gasteiger partial charge in [-0.15, -0.1) is 0 Å². The van der Waals surface area contributed by atoms with Crippen molar-refractivity contribution in [3.63, 3.8) is 0 Å². The van der Waals surface area contributed by atoms with Gasteiger partial charge in [0.05, 0.1) is 0 Å². The normalized spacial score (nSPS) is 13.0. The summed E-state index contributed by atoms with van der Waals surface area (Å²) in [6, 6.07) is 12.9. The number of alkyl carbamates (subject to hydrolysis) is 1. The molecule has 2 N–H and O–H groups in total. The molecule has 0 heterocycles. The Labute approximate surface area is 237 Å². The molecule has 2 aromatic rings.